The van der Waals surface area contributed by atoms with Crippen LogP contribution >= 0.6 is 11.8 Å². The Morgan fingerprint density at radius 2 is 1.74 bits per heavy atom. The second-order valence-corrected chi connectivity index (χ2v) is 5.76. The lowest BCUT2D eigenvalue weighted by Crippen LogP contribution is -2.06. The Bertz CT molecular complexity index is 520. The van der Waals surface area contributed by atoms with Crippen molar-refractivity contribution in [3.8, 4) is 16.9 Å². The highest BCUT2D eigenvalue weighted by Crippen LogP contribution is 2.37. The summed E-state index contributed by atoms with van der Waals surface area (Å²) in [4.78, 5) is 1.20. The zero-order valence-corrected chi connectivity index (χ0v) is 12.5. The average molecular weight is 272 g/mol. The minimum absolute atomic E-state index is 0.526. The molecule has 19 heavy (non-hydrogen) atoms. The molecular formula is C17H20OS. The monoisotopic (exact) mass is 272 g/mol. The Morgan fingerprint density at radius 3 is 2.37 bits per heavy atom. The smallest absolute Gasteiger partial charge is 0.140 e. The summed E-state index contributed by atoms with van der Waals surface area (Å²) in [6.07, 6.45) is 2.09. The minimum atomic E-state index is 0.526. The molecule has 0 amide bonds. The van der Waals surface area contributed by atoms with E-state index in [1.165, 1.54) is 16.0 Å². The van der Waals surface area contributed by atoms with E-state index in [2.05, 4.69) is 62.6 Å². The number of ether oxygens (including phenoxy) is 1. The predicted molar refractivity (Wildman–Crippen MR) is 84.0 cm³/mol. The van der Waals surface area contributed by atoms with E-state index in [9.17, 15) is 0 Å². The van der Waals surface area contributed by atoms with Gasteiger partial charge in [-0.15, -0.1) is 11.8 Å². The van der Waals surface area contributed by atoms with Crippen LogP contribution in [0.4, 0.5) is 0 Å². The minimum Gasteiger partial charge on any atom is -0.491 e. The summed E-state index contributed by atoms with van der Waals surface area (Å²) in [5, 5.41) is 0. The van der Waals surface area contributed by atoms with E-state index < -0.39 is 0 Å². The van der Waals surface area contributed by atoms with Crippen LogP contribution in [0.5, 0.6) is 5.75 Å². The maximum absolute atomic E-state index is 6.05. The third kappa shape index (κ3) is 3.54. The number of hydrogen-bond acceptors (Lipinski definition) is 2. The van der Waals surface area contributed by atoms with Crippen molar-refractivity contribution in [2.75, 3.05) is 12.9 Å². The molecule has 0 saturated heterocycles. The quantitative estimate of drug-likeness (QED) is 0.699. The Hall–Kier alpha value is -1.41. The first-order valence-corrected chi connectivity index (χ1v) is 7.80. The third-order valence-electron chi connectivity index (χ3n) is 2.84. The molecule has 0 fully saturated rings. The molecule has 0 spiro atoms. The first kappa shape index (κ1) is 14.0. The molecule has 0 aromatic heterocycles. The largest absolute Gasteiger partial charge is 0.491 e. The summed E-state index contributed by atoms with van der Waals surface area (Å²) in [7, 11) is 0. The van der Waals surface area contributed by atoms with Crippen LogP contribution in [0.15, 0.2) is 53.4 Å². The Balaban J connectivity index is 2.42. The third-order valence-corrected chi connectivity index (χ3v) is 3.61. The van der Waals surface area contributed by atoms with Crippen molar-refractivity contribution in [3.05, 3.63) is 48.5 Å². The van der Waals surface area contributed by atoms with E-state index in [0.717, 1.165) is 12.4 Å². The molecule has 2 heteroatoms. The highest BCUT2D eigenvalue weighted by Gasteiger charge is 2.11. The van der Waals surface area contributed by atoms with Gasteiger partial charge >= 0.3 is 0 Å². The Morgan fingerprint density at radius 1 is 1.00 bits per heavy atom. The normalized spacial score (nSPS) is 10.7. The van der Waals surface area contributed by atoms with E-state index in [0.29, 0.717) is 5.92 Å². The summed E-state index contributed by atoms with van der Waals surface area (Å²) in [6, 6.07) is 16.8. The summed E-state index contributed by atoms with van der Waals surface area (Å²) in [5.41, 5.74) is 2.38. The van der Waals surface area contributed by atoms with Gasteiger partial charge in [0.05, 0.1) is 6.61 Å². The van der Waals surface area contributed by atoms with E-state index >= 15 is 0 Å². The number of hydrogen-bond donors (Lipinski definition) is 0. The van der Waals surface area contributed by atoms with Crippen LogP contribution in [0.2, 0.25) is 0 Å². The molecule has 0 saturated carbocycles. The van der Waals surface area contributed by atoms with Gasteiger partial charge in [0.1, 0.15) is 5.75 Å². The summed E-state index contributed by atoms with van der Waals surface area (Å²) >= 11 is 1.73. The van der Waals surface area contributed by atoms with E-state index in [-0.39, 0.29) is 0 Å². The van der Waals surface area contributed by atoms with Crippen molar-refractivity contribution in [2.24, 2.45) is 5.92 Å². The van der Waals surface area contributed by atoms with Gasteiger partial charge in [-0.2, -0.15) is 0 Å². The maximum Gasteiger partial charge on any atom is 0.140 e. The fourth-order valence-corrected chi connectivity index (χ4v) is 2.49. The fraction of sp³-hybridized carbons (Fsp3) is 0.294. The summed E-state index contributed by atoms with van der Waals surface area (Å²) in [6.45, 7) is 5.09. The molecule has 2 rings (SSSR count). The van der Waals surface area contributed by atoms with Gasteiger partial charge in [-0.3, -0.25) is 0 Å². The second-order valence-electron chi connectivity index (χ2n) is 4.91. The van der Waals surface area contributed by atoms with E-state index in [1.54, 1.807) is 11.8 Å². The van der Waals surface area contributed by atoms with Crippen LogP contribution in [-0.2, 0) is 0 Å². The van der Waals surface area contributed by atoms with Crippen LogP contribution in [0.1, 0.15) is 13.8 Å². The molecule has 0 bridgehead atoms. The van der Waals surface area contributed by atoms with Crippen molar-refractivity contribution in [1.29, 1.82) is 0 Å². The number of rotatable bonds is 5. The SMILES string of the molecule is CSc1cccc(-c2ccccc2)c1OCC(C)C. The van der Waals surface area contributed by atoms with Crippen LogP contribution in [-0.4, -0.2) is 12.9 Å². The molecule has 0 atom stereocenters. The van der Waals surface area contributed by atoms with Gasteiger partial charge in [-0.25, -0.2) is 0 Å². The second kappa shape index (κ2) is 6.67. The van der Waals surface area contributed by atoms with Crippen LogP contribution in [0.25, 0.3) is 11.1 Å². The molecule has 0 unspecified atom stereocenters. The lowest BCUT2D eigenvalue weighted by molar-refractivity contribution is 0.266. The van der Waals surface area contributed by atoms with Crippen molar-refractivity contribution < 1.29 is 4.74 Å². The van der Waals surface area contributed by atoms with Gasteiger partial charge in [0, 0.05) is 10.5 Å². The summed E-state index contributed by atoms with van der Waals surface area (Å²) in [5.74, 6) is 1.54. The van der Waals surface area contributed by atoms with Gasteiger partial charge in [0.2, 0.25) is 0 Å². The lowest BCUT2D eigenvalue weighted by Gasteiger charge is -2.16. The highest BCUT2D eigenvalue weighted by atomic mass is 32.2. The number of para-hydroxylation sites is 1. The van der Waals surface area contributed by atoms with Gasteiger partial charge in [0.25, 0.3) is 0 Å². The predicted octanol–water partition coefficient (Wildman–Crippen LogP) is 5.11. The number of thioether (sulfide) groups is 1. The molecule has 0 heterocycles. The van der Waals surface area contributed by atoms with Crippen LogP contribution in [0, 0.1) is 5.92 Å². The van der Waals surface area contributed by atoms with Gasteiger partial charge in [-0.1, -0.05) is 56.3 Å². The molecule has 0 aliphatic carbocycles. The van der Waals surface area contributed by atoms with Crippen molar-refractivity contribution in [2.45, 2.75) is 18.7 Å². The fourth-order valence-electron chi connectivity index (χ4n) is 1.92. The lowest BCUT2D eigenvalue weighted by atomic mass is 10.0. The molecule has 0 aliphatic rings. The maximum atomic E-state index is 6.05. The van der Waals surface area contributed by atoms with Crippen molar-refractivity contribution >= 4 is 11.8 Å². The molecular weight excluding hydrogens is 252 g/mol. The van der Waals surface area contributed by atoms with Crippen LogP contribution in [0.3, 0.4) is 0 Å². The summed E-state index contributed by atoms with van der Waals surface area (Å²) < 4.78 is 6.05. The van der Waals surface area contributed by atoms with Gasteiger partial charge in [-0.05, 0) is 23.8 Å². The van der Waals surface area contributed by atoms with Gasteiger partial charge < -0.3 is 4.74 Å². The molecule has 100 valence electrons. The molecule has 2 aromatic carbocycles. The molecule has 1 nitrogen and oxygen atoms in total. The molecule has 0 aliphatic heterocycles. The molecule has 2 aromatic rings. The Labute approximate surface area is 120 Å². The standard InChI is InChI=1S/C17H20OS/c1-13(2)12-18-17-15(10-7-11-16(17)19-3)14-8-5-4-6-9-14/h4-11,13H,12H2,1-3H3. The Kier molecular flexibility index (Phi) is 4.92. The molecule has 0 N–H and O–H groups in total. The molecule has 0 radical (unpaired) electrons. The highest BCUT2D eigenvalue weighted by molar-refractivity contribution is 7.98. The number of benzene rings is 2. The first-order valence-electron chi connectivity index (χ1n) is 6.57. The zero-order chi connectivity index (χ0) is 13.7. The van der Waals surface area contributed by atoms with Crippen molar-refractivity contribution in [3.63, 3.8) is 0 Å². The van der Waals surface area contributed by atoms with E-state index in [1.807, 2.05) is 6.07 Å². The van der Waals surface area contributed by atoms with Crippen LogP contribution < -0.4 is 4.74 Å². The zero-order valence-electron chi connectivity index (χ0n) is 11.7. The first-order chi connectivity index (χ1) is 9.22. The van der Waals surface area contributed by atoms with E-state index in [4.69, 9.17) is 4.74 Å². The average Bonchev–Trinajstić information content (AvgIpc) is 2.45. The van der Waals surface area contributed by atoms with Gasteiger partial charge in [0.15, 0.2) is 0 Å². The van der Waals surface area contributed by atoms with Crippen molar-refractivity contribution in [1.82, 2.24) is 0 Å². The topological polar surface area (TPSA) is 9.23 Å².